The van der Waals surface area contributed by atoms with Gasteiger partial charge in [-0.05, 0) is 35.6 Å². The van der Waals surface area contributed by atoms with Crippen LogP contribution in [0.1, 0.15) is 50.8 Å². The van der Waals surface area contributed by atoms with Crippen molar-refractivity contribution in [3.05, 3.63) is 35.5 Å². The van der Waals surface area contributed by atoms with Crippen molar-refractivity contribution in [3.8, 4) is 5.75 Å². The summed E-state index contributed by atoms with van der Waals surface area (Å²) in [7, 11) is 1.68. The number of methoxy groups -OCH3 is 1. The number of benzene rings is 1. The van der Waals surface area contributed by atoms with Crippen molar-refractivity contribution >= 4 is 10.9 Å². The van der Waals surface area contributed by atoms with Gasteiger partial charge in [-0.1, -0.05) is 27.7 Å². The number of nitrogens with zero attached hydrogens (tertiary/aromatic N) is 1. The highest BCUT2D eigenvalue weighted by molar-refractivity contribution is 5.84. The van der Waals surface area contributed by atoms with Gasteiger partial charge in [-0.15, -0.1) is 0 Å². The predicted molar refractivity (Wildman–Crippen MR) is 87.3 cm³/mol. The van der Waals surface area contributed by atoms with Crippen LogP contribution in [0.4, 0.5) is 0 Å². The van der Waals surface area contributed by atoms with E-state index in [0.29, 0.717) is 25.0 Å². The Morgan fingerprint density at radius 3 is 2.38 bits per heavy atom. The van der Waals surface area contributed by atoms with Crippen LogP contribution >= 0.6 is 0 Å². The first kappa shape index (κ1) is 15.8. The lowest BCUT2D eigenvalue weighted by Gasteiger charge is -2.15. The summed E-state index contributed by atoms with van der Waals surface area (Å²) in [4.78, 5) is 4.80. The van der Waals surface area contributed by atoms with E-state index in [1.807, 2.05) is 12.1 Å². The first-order chi connectivity index (χ1) is 10.0. The van der Waals surface area contributed by atoms with Gasteiger partial charge < -0.3 is 9.47 Å². The van der Waals surface area contributed by atoms with Crippen LogP contribution in [0.25, 0.3) is 10.9 Å². The van der Waals surface area contributed by atoms with E-state index in [0.717, 1.165) is 17.0 Å². The minimum absolute atomic E-state index is 0.421. The highest BCUT2D eigenvalue weighted by atomic mass is 16.5. The fourth-order valence-electron chi connectivity index (χ4n) is 2.36. The lowest BCUT2D eigenvalue weighted by Crippen LogP contribution is -2.04. The minimum Gasteiger partial charge on any atom is -0.491 e. The van der Waals surface area contributed by atoms with Crippen LogP contribution in [-0.2, 0) is 4.74 Å². The summed E-state index contributed by atoms with van der Waals surface area (Å²) < 4.78 is 10.7. The lowest BCUT2D eigenvalue weighted by molar-refractivity contribution is 0.146. The van der Waals surface area contributed by atoms with Crippen LogP contribution in [-0.4, -0.2) is 25.3 Å². The molecule has 3 nitrogen and oxygen atoms in total. The van der Waals surface area contributed by atoms with Crippen molar-refractivity contribution in [2.75, 3.05) is 20.3 Å². The average Bonchev–Trinajstić information content (AvgIpc) is 2.45. The van der Waals surface area contributed by atoms with Gasteiger partial charge in [0.2, 0.25) is 0 Å². The summed E-state index contributed by atoms with van der Waals surface area (Å²) >= 11 is 0. The lowest BCUT2D eigenvalue weighted by atomic mass is 9.95. The van der Waals surface area contributed by atoms with Crippen molar-refractivity contribution in [2.24, 2.45) is 0 Å². The van der Waals surface area contributed by atoms with E-state index in [2.05, 4.69) is 39.8 Å². The molecule has 1 aromatic heterocycles. The molecule has 1 aromatic carbocycles. The Morgan fingerprint density at radius 1 is 1.00 bits per heavy atom. The maximum absolute atomic E-state index is 5.69. The molecule has 0 aliphatic rings. The van der Waals surface area contributed by atoms with Crippen LogP contribution < -0.4 is 4.74 Å². The van der Waals surface area contributed by atoms with Crippen molar-refractivity contribution in [1.29, 1.82) is 0 Å². The Labute approximate surface area is 127 Å². The van der Waals surface area contributed by atoms with Gasteiger partial charge in [-0.2, -0.15) is 0 Å². The van der Waals surface area contributed by atoms with Crippen molar-refractivity contribution in [2.45, 2.75) is 39.5 Å². The molecular weight excluding hydrogens is 262 g/mol. The maximum Gasteiger partial charge on any atom is 0.121 e. The summed E-state index contributed by atoms with van der Waals surface area (Å²) in [6, 6.07) is 8.40. The Balaban J connectivity index is 2.44. The summed E-state index contributed by atoms with van der Waals surface area (Å²) in [6.07, 6.45) is 0. The topological polar surface area (TPSA) is 31.4 Å². The second-order valence-electron chi connectivity index (χ2n) is 5.97. The van der Waals surface area contributed by atoms with Gasteiger partial charge in [0.25, 0.3) is 0 Å². The molecule has 0 N–H and O–H groups in total. The molecule has 0 bridgehead atoms. The van der Waals surface area contributed by atoms with E-state index in [-0.39, 0.29) is 0 Å². The zero-order valence-electron chi connectivity index (χ0n) is 13.6. The third kappa shape index (κ3) is 3.73. The molecule has 0 saturated carbocycles. The third-order valence-electron chi connectivity index (χ3n) is 3.60. The fourth-order valence-corrected chi connectivity index (χ4v) is 2.36. The largest absolute Gasteiger partial charge is 0.491 e. The van der Waals surface area contributed by atoms with Gasteiger partial charge in [-0.3, -0.25) is 4.98 Å². The minimum atomic E-state index is 0.421. The molecular formula is C18H25NO2. The van der Waals surface area contributed by atoms with E-state index in [4.69, 9.17) is 14.5 Å². The summed E-state index contributed by atoms with van der Waals surface area (Å²) in [5, 5.41) is 1.22. The molecule has 0 fully saturated rings. The Kier molecular flexibility index (Phi) is 5.18. The van der Waals surface area contributed by atoms with Gasteiger partial charge in [0, 0.05) is 24.3 Å². The average molecular weight is 287 g/mol. The summed E-state index contributed by atoms with van der Waals surface area (Å²) in [5.41, 5.74) is 3.51. The molecule has 0 aliphatic carbocycles. The molecule has 114 valence electrons. The molecule has 0 unspecified atom stereocenters. The van der Waals surface area contributed by atoms with Crippen molar-refractivity contribution < 1.29 is 9.47 Å². The first-order valence-corrected chi connectivity index (χ1v) is 7.59. The smallest absolute Gasteiger partial charge is 0.121 e. The van der Waals surface area contributed by atoms with Crippen molar-refractivity contribution in [1.82, 2.24) is 4.98 Å². The van der Waals surface area contributed by atoms with Gasteiger partial charge >= 0.3 is 0 Å². The van der Waals surface area contributed by atoms with Crippen LogP contribution in [0.2, 0.25) is 0 Å². The van der Waals surface area contributed by atoms with Gasteiger partial charge in [-0.25, -0.2) is 0 Å². The Morgan fingerprint density at radius 2 is 1.76 bits per heavy atom. The molecule has 0 aliphatic heterocycles. The number of hydrogen-bond acceptors (Lipinski definition) is 3. The van der Waals surface area contributed by atoms with Gasteiger partial charge in [0.05, 0.1) is 12.1 Å². The SMILES string of the molecule is COCCOc1ccc2c(C(C)C)cc(C(C)C)nc2c1. The van der Waals surface area contributed by atoms with Gasteiger partial charge in [0.15, 0.2) is 0 Å². The molecule has 1 heterocycles. The molecule has 3 heteroatoms. The number of aromatic nitrogens is 1. The van der Waals surface area contributed by atoms with E-state index in [9.17, 15) is 0 Å². The molecule has 0 saturated heterocycles. The van der Waals surface area contributed by atoms with E-state index in [1.165, 1.54) is 10.9 Å². The van der Waals surface area contributed by atoms with Crippen LogP contribution in [0.5, 0.6) is 5.75 Å². The first-order valence-electron chi connectivity index (χ1n) is 7.59. The number of ether oxygens (including phenoxy) is 2. The molecule has 2 rings (SSSR count). The van der Waals surface area contributed by atoms with Crippen molar-refractivity contribution in [3.63, 3.8) is 0 Å². The number of fused-ring (bicyclic) bond motifs is 1. The molecule has 2 aromatic rings. The molecule has 0 radical (unpaired) electrons. The molecule has 0 atom stereocenters. The Hall–Kier alpha value is -1.61. The van der Waals surface area contributed by atoms with Crippen LogP contribution in [0.3, 0.4) is 0 Å². The molecule has 0 spiro atoms. The van der Waals surface area contributed by atoms with Crippen LogP contribution in [0.15, 0.2) is 24.3 Å². The fraction of sp³-hybridized carbons (Fsp3) is 0.500. The highest BCUT2D eigenvalue weighted by Gasteiger charge is 2.11. The van der Waals surface area contributed by atoms with Crippen LogP contribution in [0, 0.1) is 0 Å². The zero-order chi connectivity index (χ0) is 15.4. The molecule has 21 heavy (non-hydrogen) atoms. The normalized spacial score (nSPS) is 11.6. The monoisotopic (exact) mass is 287 g/mol. The standard InChI is InChI=1S/C18H25NO2/c1-12(2)16-11-17(13(3)4)19-18-10-14(6-7-15(16)18)21-9-8-20-5/h6-7,10-13H,8-9H2,1-5H3. The summed E-state index contributed by atoms with van der Waals surface area (Å²) in [5.74, 6) is 1.75. The zero-order valence-corrected chi connectivity index (χ0v) is 13.6. The van der Waals surface area contributed by atoms with E-state index in [1.54, 1.807) is 7.11 Å². The highest BCUT2D eigenvalue weighted by Crippen LogP contribution is 2.30. The quantitative estimate of drug-likeness (QED) is 0.733. The van der Waals surface area contributed by atoms with E-state index >= 15 is 0 Å². The number of hydrogen-bond donors (Lipinski definition) is 0. The number of rotatable bonds is 6. The van der Waals surface area contributed by atoms with E-state index < -0.39 is 0 Å². The second-order valence-corrected chi connectivity index (χ2v) is 5.97. The van der Waals surface area contributed by atoms with Gasteiger partial charge in [0.1, 0.15) is 12.4 Å². The molecule has 0 amide bonds. The predicted octanol–water partition coefficient (Wildman–Crippen LogP) is 4.51. The number of pyridine rings is 1. The maximum atomic E-state index is 5.69. The third-order valence-corrected chi connectivity index (χ3v) is 3.60. The Bertz CT molecular complexity index is 605. The summed E-state index contributed by atoms with van der Waals surface area (Å²) in [6.45, 7) is 9.95. The second kappa shape index (κ2) is 6.90.